The van der Waals surface area contributed by atoms with Gasteiger partial charge in [0.2, 0.25) is 0 Å². The average molecular weight is 501 g/mol. The van der Waals surface area contributed by atoms with Crippen LogP contribution in [-0.4, -0.2) is 38.4 Å². The summed E-state index contributed by atoms with van der Waals surface area (Å²) in [5, 5.41) is 11.3. The molecule has 11 heteroatoms. The van der Waals surface area contributed by atoms with E-state index in [1.165, 1.54) is 35.6 Å². The number of thiazole rings is 1. The highest BCUT2D eigenvalue weighted by Gasteiger charge is 2.25. The molecule has 2 aromatic carbocycles. The first-order valence-corrected chi connectivity index (χ1v) is 12.3. The van der Waals surface area contributed by atoms with Crippen molar-refractivity contribution in [3.05, 3.63) is 70.2 Å². The highest BCUT2D eigenvalue weighted by molar-refractivity contribution is 7.87. The lowest BCUT2D eigenvalue weighted by Crippen LogP contribution is -2.20. The summed E-state index contributed by atoms with van der Waals surface area (Å²) in [5.74, 6) is -2.46. The number of rotatable bonds is 10. The smallest absolute Gasteiger partial charge is 0.339 e. The van der Waals surface area contributed by atoms with Gasteiger partial charge in [-0.3, -0.25) is 4.79 Å². The molecule has 0 aliphatic heterocycles. The highest BCUT2D eigenvalue weighted by Crippen LogP contribution is 2.29. The van der Waals surface area contributed by atoms with Gasteiger partial charge in [-0.05, 0) is 44.2 Å². The molecule has 1 heterocycles. The Morgan fingerprint density at radius 1 is 1.15 bits per heavy atom. The van der Waals surface area contributed by atoms with Crippen LogP contribution in [0.4, 0.5) is 0 Å². The van der Waals surface area contributed by atoms with Crippen molar-refractivity contribution in [2.45, 2.75) is 24.7 Å². The summed E-state index contributed by atoms with van der Waals surface area (Å²) in [6.07, 6.45) is 0. The molecule has 0 aliphatic carbocycles. The summed E-state index contributed by atoms with van der Waals surface area (Å²) in [7, 11) is -4.30. The molecule has 0 spiro atoms. The van der Waals surface area contributed by atoms with Gasteiger partial charge in [-0.15, -0.1) is 11.3 Å². The molecule has 3 rings (SSSR count). The number of hydrogen-bond donors (Lipinski definition) is 0. The topological polar surface area (TPSA) is 133 Å². The third-order valence-electron chi connectivity index (χ3n) is 4.39. The number of Topliss-reactive ketones (excluding diaryl/α,β-unsaturated/α-hetero) is 1. The summed E-state index contributed by atoms with van der Waals surface area (Å²) < 4.78 is 41.1. The maximum atomic E-state index is 12.8. The average Bonchev–Trinajstić information content (AvgIpc) is 3.25. The first-order chi connectivity index (χ1) is 16.2. The Hall–Kier alpha value is -3.75. The van der Waals surface area contributed by atoms with E-state index in [1.807, 2.05) is 6.07 Å². The van der Waals surface area contributed by atoms with E-state index in [2.05, 4.69) is 4.98 Å². The van der Waals surface area contributed by atoms with Gasteiger partial charge < -0.3 is 13.7 Å². The van der Waals surface area contributed by atoms with E-state index in [4.69, 9.17) is 13.7 Å². The second kappa shape index (κ2) is 10.9. The zero-order valence-corrected chi connectivity index (χ0v) is 19.9. The van der Waals surface area contributed by atoms with Gasteiger partial charge in [0.25, 0.3) is 0 Å². The van der Waals surface area contributed by atoms with Crippen molar-refractivity contribution in [1.82, 2.24) is 4.98 Å². The number of ketones is 1. The van der Waals surface area contributed by atoms with Gasteiger partial charge >= 0.3 is 16.1 Å². The lowest BCUT2D eigenvalue weighted by molar-refractivity contribution is -0.122. The lowest BCUT2D eigenvalue weighted by atomic mass is 10.1. The second-order valence-electron chi connectivity index (χ2n) is 6.88. The highest BCUT2D eigenvalue weighted by atomic mass is 32.2. The number of nitrogens with zero attached hydrogens (tertiary/aromatic N) is 2. The van der Waals surface area contributed by atoms with Gasteiger partial charge in [-0.25, -0.2) is 9.78 Å². The summed E-state index contributed by atoms with van der Waals surface area (Å²) in [6.45, 7) is 3.14. The molecule has 0 bridgehead atoms. The molecule has 1 aromatic heterocycles. The first kappa shape index (κ1) is 24.9. The maximum Gasteiger partial charge on any atom is 0.339 e. The molecule has 0 radical (unpaired) electrons. The molecule has 176 valence electrons. The van der Waals surface area contributed by atoms with Crippen LogP contribution in [0.1, 0.15) is 33.9 Å². The Kier molecular flexibility index (Phi) is 7.99. The molecule has 0 saturated heterocycles. The molecular weight excluding hydrogens is 480 g/mol. The molecule has 34 heavy (non-hydrogen) atoms. The van der Waals surface area contributed by atoms with Crippen molar-refractivity contribution in [3.63, 3.8) is 0 Å². The second-order valence-corrected chi connectivity index (χ2v) is 9.31. The van der Waals surface area contributed by atoms with Crippen molar-refractivity contribution in [3.8, 4) is 17.6 Å². The normalized spacial score (nSPS) is 11.8. The predicted molar refractivity (Wildman–Crippen MR) is 122 cm³/mol. The maximum absolute atomic E-state index is 12.8. The quantitative estimate of drug-likeness (QED) is 0.302. The summed E-state index contributed by atoms with van der Waals surface area (Å²) in [6, 6.07) is 13.2. The Balaban J connectivity index is 1.71. The zero-order chi connectivity index (χ0) is 24.7. The van der Waals surface area contributed by atoms with Crippen LogP contribution in [0.25, 0.3) is 0 Å². The zero-order valence-electron chi connectivity index (χ0n) is 18.3. The van der Waals surface area contributed by atoms with Gasteiger partial charge in [-0.1, -0.05) is 18.2 Å². The van der Waals surface area contributed by atoms with Crippen molar-refractivity contribution in [2.75, 3.05) is 13.2 Å². The summed E-state index contributed by atoms with van der Waals surface area (Å²) >= 11 is 1.17. The van der Waals surface area contributed by atoms with Gasteiger partial charge in [0, 0.05) is 11.1 Å². The number of carbonyl (C=O) groups excluding carboxylic acids is 2. The minimum absolute atomic E-state index is 0.00268. The minimum atomic E-state index is -4.30. The van der Waals surface area contributed by atoms with E-state index in [1.54, 1.807) is 37.4 Å². The van der Waals surface area contributed by atoms with E-state index in [-0.39, 0.29) is 22.0 Å². The number of aromatic nitrogens is 1. The molecular formula is C23H20N2O7S2. The molecule has 0 fully saturated rings. The van der Waals surface area contributed by atoms with Crippen LogP contribution in [0.3, 0.4) is 0 Å². The van der Waals surface area contributed by atoms with E-state index in [9.17, 15) is 23.3 Å². The molecule has 0 amide bonds. The third kappa shape index (κ3) is 5.98. The Bertz CT molecular complexity index is 1340. The number of carbonyl (C=O) groups is 2. The minimum Gasteiger partial charge on any atom is -0.490 e. The van der Waals surface area contributed by atoms with Crippen LogP contribution in [0.15, 0.2) is 58.8 Å². The van der Waals surface area contributed by atoms with Crippen molar-refractivity contribution in [1.29, 1.82) is 5.26 Å². The number of para-hydroxylation sites is 2. The third-order valence-corrected chi connectivity index (χ3v) is 6.64. The molecule has 9 nitrogen and oxygen atoms in total. The number of hydrogen-bond acceptors (Lipinski definition) is 10. The van der Waals surface area contributed by atoms with E-state index in [0.717, 1.165) is 6.07 Å². The number of benzene rings is 2. The van der Waals surface area contributed by atoms with Gasteiger partial charge in [0.1, 0.15) is 9.90 Å². The number of esters is 1. The monoisotopic (exact) mass is 500 g/mol. The van der Waals surface area contributed by atoms with Crippen LogP contribution in [0.5, 0.6) is 11.5 Å². The molecule has 0 N–H and O–H groups in total. The van der Waals surface area contributed by atoms with Crippen molar-refractivity contribution in [2.24, 2.45) is 0 Å². The van der Waals surface area contributed by atoms with Gasteiger partial charge in [-0.2, -0.15) is 13.7 Å². The standard InChI is InChI=1S/C23H20N2O7S2/c1-3-30-20-9-4-5-10-21(20)32-34(28,29)17-8-6-7-16(11-17)23(27)31-13-19(26)18(12-24)22-25-15(2)14-33-22/h4-11,14,18H,3,13H2,1-2H3/t18-/m1/s1. The predicted octanol–water partition coefficient (Wildman–Crippen LogP) is 3.65. The van der Waals surface area contributed by atoms with Crippen molar-refractivity contribution < 1.29 is 31.7 Å². The van der Waals surface area contributed by atoms with Gasteiger partial charge in [0.05, 0.1) is 18.2 Å². The van der Waals surface area contributed by atoms with Crippen LogP contribution in [0.2, 0.25) is 0 Å². The molecule has 0 aliphatic rings. The van der Waals surface area contributed by atoms with Crippen LogP contribution < -0.4 is 8.92 Å². The fourth-order valence-electron chi connectivity index (χ4n) is 2.81. The number of nitriles is 1. The molecule has 0 saturated carbocycles. The Morgan fingerprint density at radius 3 is 2.53 bits per heavy atom. The van der Waals surface area contributed by atoms with E-state index >= 15 is 0 Å². The molecule has 0 unspecified atom stereocenters. The van der Waals surface area contributed by atoms with E-state index in [0.29, 0.717) is 17.3 Å². The first-order valence-electron chi connectivity index (χ1n) is 10.0. The van der Waals surface area contributed by atoms with Crippen molar-refractivity contribution >= 4 is 33.2 Å². The Morgan fingerprint density at radius 2 is 1.88 bits per heavy atom. The fourth-order valence-corrected chi connectivity index (χ4v) is 4.66. The van der Waals surface area contributed by atoms with Gasteiger partial charge in [0.15, 0.2) is 29.8 Å². The SMILES string of the molecule is CCOc1ccccc1OS(=O)(=O)c1cccc(C(=O)OCC(=O)[C@@H](C#N)c2nc(C)cs2)c1. The van der Waals surface area contributed by atoms with Crippen LogP contribution in [0, 0.1) is 18.3 Å². The lowest BCUT2D eigenvalue weighted by Gasteiger charge is -2.12. The summed E-state index contributed by atoms with van der Waals surface area (Å²) in [4.78, 5) is 28.7. The summed E-state index contributed by atoms with van der Waals surface area (Å²) in [5.41, 5.74) is 0.573. The fraction of sp³-hybridized carbons (Fsp3) is 0.217. The van der Waals surface area contributed by atoms with Crippen LogP contribution in [-0.2, 0) is 19.6 Å². The molecule has 3 aromatic rings. The van der Waals surface area contributed by atoms with Crippen LogP contribution >= 0.6 is 11.3 Å². The molecule has 1 atom stereocenters. The number of aryl methyl sites for hydroxylation is 1. The van der Waals surface area contributed by atoms with E-state index < -0.39 is 34.4 Å². The number of ether oxygens (including phenoxy) is 2. The Labute approximate surface area is 200 Å². The largest absolute Gasteiger partial charge is 0.490 e.